The summed E-state index contributed by atoms with van der Waals surface area (Å²) >= 11 is 0. The third-order valence-electron chi connectivity index (χ3n) is 11.9. The van der Waals surface area contributed by atoms with E-state index in [0.29, 0.717) is 17.7 Å². The maximum absolute atomic E-state index is 5.49. The van der Waals surface area contributed by atoms with E-state index in [-0.39, 0.29) is 0 Å². The summed E-state index contributed by atoms with van der Waals surface area (Å²) in [6, 6.07) is 71.4. The van der Waals surface area contributed by atoms with Crippen LogP contribution in [0.1, 0.15) is 22.3 Å². The van der Waals surface area contributed by atoms with Gasteiger partial charge >= 0.3 is 0 Å². The highest BCUT2D eigenvalue weighted by atomic mass is 15.3. The second kappa shape index (κ2) is 12.2. The monoisotopic (exact) mass is 727 g/mol. The fraction of sp³-hybridized carbons (Fsp3) is 0.0192. The van der Waals surface area contributed by atoms with E-state index >= 15 is 0 Å². The Morgan fingerprint density at radius 3 is 1.19 bits per heavy atom. The van der Waals surface area contributed by atoms with E-state index in [0.717, 1.165) is 54.7 Å². The molecule has 0 atom stereocenters. The summed E-state index contributed by atoms with van der Waals surface area (Å²) in [7, 11) is 0. The molecule has 1 aliphatic carbocycles. The smallest absolute Gasteiger partial charge is 0.240 e. The summed E-state index contributed by atoms with van der Waals surface area (Å²) in [6.45, 7) is 0. The number of nitrogens with zero attached hydrogens (tertiary/aromatic N) is 5. The van der Waals surface area contributed by atoms with Gasteiger partial charge in [-0.3, -0.25) is 9.13 Å². The molecule has 0 saturated heterocycles. The Labute approximate surface area is 328 Å². The Kier molecular flexibility index (Phi) is 6.78. The van der Waals surface area contributed by atoms with Crippen LogP contribution in [0.25, 0.3) is 78.0 Å². The molecule has 266 valence electrons. The number of hydrogen-bond acceptors (Lipinski definition) is 3. The molecule has 5 nitrogen and oxygen atoms in total. The van der Waals surface area contributed by atoms with Gasteiger partial charge in [0.1, 0.15) is 0 Å². The molecule has 5 heteroatoms. The Balaban J connectivity index is 1.21. The van der Waals surface area contributed by atoms with E-state index in [4.69, 9.17) is 15.0 Å². The van der Waals surface area contributed by atoms with Gasteiger partial charge in [0.05, 0.1) is 27.5 Å². The molecule has 57 heavy (non-hydrogen) atoms. The van der Waals surface area contributed by atoms with Crippen LogP contribution in [-0.4, -0.2) is 24.1 Å². The SMILES string of the molecule is c1ccc(C2(c3ccccc3)c3ccccc3-c3c(-c4nc(-n5c6ccccc6c6ccccc65)nc(-n5c6ccccc6c6ccccc65)n4)cccc32)cc1. The molecule has 0 amide bonds. The van der Waals surface area contributed by atoms with Crippen LogP contribution >= 0.6 is 0 Å². The minimum Gasteiger partial charge on any atom is -0.278 e. The third kappa shape index (κ3) is 4.42. The summed E-state index contributed by atoms with van der Waals surface area (Å²) in [4.78, 5) is 16.4. The highest BCUT2D eigenvalue weighted by Crippen LogP contribution is 2.58. The van der Waals surface area contributed by atoms with Crippen molar-refractivity contribution in [3.63, 3.8) is 0 Å². The van der Waals surface area contributed by atoms with E-state index in [1.54, 1.807) is 0 Å². The lowest BCUT2D eigenvalue weighted by Gasteiger charge is -2.33. The van der Waals surface area contributed by atoms with Crippen LogP contribution in [0.3, 0.4) is 0 Å². The topological polar surface area (TPSA) is 48.5 Å². The predicted molar refractivity (Wildman–Crippen MR) is 231 cm³/mol. The quantitative estimate of drug-likeness (QED) is 0.177. The summed E-state index contributed by atoms with van der Waals surface area (Å²) in [5, 5.41) is 4.61. The molecule has 8 aromatic carbocycles. The molecule has 0 bridgehead atoms. The van der Waals surface area contributed by atoms with E-state index < -0.39 is 5.41 Å². The fourth-order valence-electron chi connectivity index (χ4n) is 9.63. The van der Waals surface area contributed by atoms with Crippen LogP contribution in [0.5, 0.6) is 0 Å². The van der Waals surface area contributed by atoms with Gasteiger partial charge in [-0.15, -0.1) is 0 Å². The molecule has 0 spiro atoms. The molecule has 1 aliphatic rings. The van der Waals surface area contributed by atoms with Gasteiger partial charge in [0.15, 0.2) is 5.82 Å². The molecule has 12 rings (SSSR count). The van der Waals surface area contributed by atoms with Gasteiger partial charge in [-0.05, 0) is 57.6 Å². The van der Waals surface area contributed by atoms with E-state index in [1.165, 1.54) is 27.8 Å². The van der Waals surface area contributed by atoms with Crippen molar-refractivity contribution in [3.05, 3.63) is 222 Å². The summed E-state index contributed by atoms with van der Waals surface area (Å²) in [6.07, 6.45) is 0. The Morgan fingerprint density at radius 2 is 0.702 bits per heavy atom. The first kappa shape index (κ1) is 31.7. The first-order valence-corrected chi connectivity index (χ1v) is 19.4. The first-order chi connectivity index (χ1) is 28.3. The Hall–Kier alpha value is -7.63. The van der Waals surface area contributed by atoms with Crippen molar-refractivity contribution < 1.29 is 0 Å². The minimum absolute atomic E-state index is 0.553. The van der Waals surface area contributed by atoms with Gasteiger partial charge in [0, 0.05) is 27.1 Å². The van der Waals surface area contributed by atoms with Gasteiger partial charge in [0.25, 0.3) is 0 Å². The molecular formula is C52H33N5. The van der Waals surface area contributed by atoms with Crippen molar-refractivity contribution in [1.82, 2.24) is 24.1 Å². The molecule has 0 aliphatic heterocycles. The third-order valence-corrected chi connectivity index (χ3v) is 11.9. The maximum Gasteiger partial charge on any atom is 0.240 e. The normalized spacial score (nSPS) is 13.1. The lowest BCUT2D eigenvalue weighted by Crippen LogP contribution is -2.28. The summed E-state index contributed by atoms with van der Waals surface area (Å²) in [5.74, 6) is 1.74. The number of hydrogen-bond donors (Lipinski definition) is 0. The molecule has 11 aromatic rings. The zero-order valence-corrected chi connectivity index (χ0v) is 30.8. The van der Waals surface area contributed by atoms with Gasteiger partial charge in [-0.1, -0.05) is 176 Å². The molecule has 0 saturated carbocycles. The highest BCUT2D eigenvalue weighted by molar-refractivity contribution is 6.10. The van der Waals surface area contributed by atoms with E-state index in [2.05, 4.69) is 209 Å². The molecule has 3 heterocycles. The van der Waals surface area contributed by atoms with Crippen LogP contribution in [0.2, 0.25) is 0 Å². The molecule has 0 N–H and O–H groups in total. The van der Waals surface area contributed by atoms with Crippen molar-refractivity contribution in [2.75, 3.05) is 0 Å². The lowest BCUT2D eigenvalue weighted by atomic mass is 9.67. The van der Waals surface area contributed by atoms with Crippen molar-refractivity contribution in [1.29, 1.82) is 0 Å². The molecule has 3 aromatic heterocycles. The standard InChI is InChI=1S/C52H33N5/c1-3-18-34(19-4-1)52(35-20-5-2-6-21-35)42-28-12-7-26-40(42)48-41(27-17-29-43(48)52)49-53-50(56-44-30-13-8-22-36(44)37-23-9-14-31-45(37)56)55-51(54-49)57-46-32-15-10-24-38(46)39-25-11-16-33-47(39)57/h1-33H. The van der Waals surface area contributed by atoms with Crippen LogP contribution in [0.4, 0.5) is 0 Å². The Morgan fingerprint density at radius 1 is 0.316 bits per heavy atom. The van der Waals surface area contributed by atoms with E-state index in [1.807, 2.05) is 0 Å². The fourth-order valence-corrected chi connectivity index (χ4v) is 9.63. The zero-order chi connectivity index (χ0) is 37.5. The van der Waals surface area contributed by atoms with Crippen molar-refractivity contribution >= 4 is 43.6 Å². The van der Waals surface area contributed by atoms with Crippen LogP contribution in [0, 0.1) is 0 Å². The number of aromatic nitrogens is 5. The second-order valence-corrected chi connectivity index (χ2v) is 14.8. The van der Waals surface area contributed by atoms with Crippen LogP contribution in [-0.2, 0) is 5.41 Å². The van der Waals surface area contributed by atoms with Gasteiger partial charge in [-0.2, -0.15) is 15.0 Å². The first-order valence-electron chi connectivity index (χ1n) is 19.4. The Bertz CT molecular complexity index is 3080. The molecule has 0 unspecified atom stereocenters. The summed E-state index contributed by atoms with van der Waals surface area (Å²) < 4.78 is 4.39. The second-order valence-electron chi connectivity index (χ2n) is 14.8. The number of para-hydroxylation sites is 4. The average Bonchev–Trinajstić information content (AvgIpc) is 3.91. The highest BCUT2D eigenvalue weighted by Gasteiger charge is 2.47. The molecule has 0 radical (unpaired) electrons. The largest absolute Gasteiger partial charge is 0.278 e. The molecular weight excluding hydrogens is 695 g/mol. The summed E-state index contributed by atoms with van der Waals surface area (Å²) in [5.41, 5.74) is 11.8. The zero-order valence-electron chi connectivity index (χ0n) is 30.8. The van der Waals surface area contributed by atoms with Crippen molar-refractivity contribution in [3.8, 4) is 34.4 Å². The maximum atomic E-state index is 5.49. The number of benzene rings is 8. The number of rotatable bonds is 5. The van der Waals surface area contributed by atoms with Crippen LogP contribution in [0.15, 0.2) is 200 Å². The van der Waals surface area contributed by atoms with Crippen LogP contribution < -0.4 is 0 Å². The molecule has 0 fully saturated rings. The van der Waals surface area contributed by atoms with Gasteiger partial charge < -0.3 is 0 Å². The average molecular weight is 728 g/mol. The van der Waals surface area contributed by atoms with E-state index in [9.17, 15) is 0 Å². The lowest BCUT2D eigenvalue weighted by molar-refractivity contribution is 0.768. The number of fused-ring (bicyclic) bond motifs is 9. The van der Waals surface area contributed by atoms with Crippen molar-refractivity contribution in [2.45, 2.75) is 5.41 Å². The van der Waals surface area contributed by atoms with Gasteiger partial charge in [0.2, 0.25) is 11.9 Å². The predicted octanol–water partition coefficient (Wildman–Crippen LogP) is 12.1. The van der Waals surface area contributed by atoms with Crippen molar-refractivity contribution in [2.24, 2.45) is 0 Å². The minimum atomic E-state index is -0.553. The van der Waals surface area contributed by atoms with Gasteiger partial charge in [-0.25, -0.2) is 0 Å².